The second-order valence-electron chi connectivity index (χ2n) is 6.01. The highest BCUT2D eigenvalue weighted by Crippen LogP contribution is 2.22. The maximum Gasteiger partial charge on any atom is 0.168 e. The summed E-state index contributed by atoms with van der Waals surface area (Å²) >= 11 is 0. The van der Waals surface area contributed by atoms with Crippen molar-refractivity contribution in [2.75, 3.05) is 31.5 Å². The van der Waals surface area contributed by atoms with Gasteiger partial charge in [-0.15, -0.1) is 0 Å². The molecule has 4 nitrogen and oxygen atoms in total. The molecule has 1 atom stereocenters. The number of nitrogens with one attached hydrogen (secondary N) is 1. The van der Waals surface area contributed by atoms with Crippen LogP contribution in [0.2, 0.25) is 0 Å². The van der Waals surface area contributed by atoms with Crippen molar-refractivity contribution in [3.05, 3.63) is 18.3 Å². The van der Waals surface area contributed by atoms with Gasteiger partial charge in [-0.1, -0.05) is 6.92 Å². The fourth-order valence-corrected chi connectivity index (χ4v) is 2.61. The van der Waals surface area contributed by atoms with E-state index in [-0.39, 0.29) is 6.10 Å². The quantitative estimate of drug-likeness (QED) is 0.831. The zero-order chi connectivity index (χ0) is 14.4. The second-order valence-corrected chi connectivity index (χ2v) is 6.01. The lowest BCUT2D eigenvalue weighted by molar-refractivity contribution is 0.242. The van der Waals surface area contributed by atoms with E-state index in [0.717, 1.165) is 18.1 Å². The summed E-state index contributed by atoms with van der Waals surface area (Å²) in [7, 11) is 0. The highest BCUT2D eigenvalue weighted by molar-refractivity contribution is 5.49. The standard InChI is InChI=1S/C16H27N3O/c1-13(2)20-15-7-6-8-17-16(15)18-11-14(3)12-19-9-4-5-10-19/h6-8,13-14H,4-5,9-12H2,1-3H3,(H,17,18). The Balaban J connectivity index is 1.83. The fourth-order valence-electron chi connectivity index (χ4n) is 2.61. The SMILES string of the molecule is CC(CNc1ncccc1OC(C)C)CN1CCCC1. The molecule has 1 aliphatic heterocycles. The zero-order valence-electron chi connectivity index (χ0n) is 12.9. The zero-order valence-corrected chi connectivity index (χ0v) is 12.9. The number of likely N-dealkylation sites (tertiary alicyclic amines) is 1. The first kappa shape index (κ1) is 15.1. The van der Waals surface area contributed by atoms with Crippen molar-refractivity contribution < 1.29 is 4.74 Å². The third-order valence-corrected chi connectivity index (χ3v) is 3.52. The predicted molar refractivity (Wildman–Crippen MR) is 83.3 cm³/mol. The molecule has 0 spiro atoms. The van der Waals surface area contributed by atoms with Crippen molar-refractivity contribution in [2.45, 2.75) is 39.7 Å². The van der Waals surface area contributed by atoms with Crippen LogP contribution in [0, 0.1) is 5.92 Å². The van der Waals surface area contributed by atoms with Gasteiger partial charge in [-0.3, -0.25) is 0 Å². The summed E-state index contributed by atoms with van der Waals surface area (Å²) in [5, 5.41) is 3.43. The lowest BCUT2D eigenvalue weighted by atomic mass is 10.1. The molecule has 0 radical (unpaired) electrons. The molecule has 2 rings (SSSR count). The average molecular weight is 277 g/mol. The van der Waals surface area contributed by atoms with Gasteiger partial charge >= 0.3 is 0 Å². The number of aromatic nitrogens is 1. The van der Waals surface area contributed by atoms with Crippen molar-refractivity contribution in [2.24, 2.45) is 5.92 Å². The Hall–Kier alpha value is -1.29. The number of ether oxygens (including phenoxy) is 1. The third kappa shape index (κ3) is 4.67. The molecule has 1 N–H and O–H groups in total. The van der Waals surface area contributed by atoms with Gasteiger partial charge in [0.1, 0.15) is 0 Å². The summed E-state index contributed by atoms with van der Waals surface area (Å²) in [4.78, 5) is 6.94. The van der Waals surface area contributed by atoms with Crippen molar-refractivity contribution in [3.8, 4) is 5.75 Å². The van der Waals surface area contributed by atoms with Crippen molar-refractivity contribution in [1.29, 1.82) is 0 Å². The maximum absolute atomic E-state index is 5.78. The summed E-state index contributed by atoms with van der Waals surface area (Å²) < 4.78 is 5.78. The molecule has 20 heavy (non-hydrogen) atoms. The highest BCUT2D eigenvalue weighted by Gasteiger charge is 2.15. The van der Waals surface area contributed by atoms with Crippen LogP contribution in [0.3, 0.4) is 0 Å². The molecule has 1 unspecified atom stereocenters. The first-order valence-electron chi connectivity index (χ1n) is 7.73. The van der Waals surface area contributed by atoms with Gasteiger partial charge in [0, 0.05) is 19.3 Å². The maximum atomic E-state index is 5.78. The molecule has 0 saturated carbocycles. The normalized spacial score (nSPS) is 17.4. The van der Waals surface area contributed by atoms with E-state index in [2.05, 4.69) is 22.1 Å². The van der Waals surface area contributed by atoms with E-state index in [1.165, 1.54) is 32.5 Å². The van der Waals surface area contributed by atoms with E-state index in [9.17, 15) is 0 Å². The van der Waals surface area contributed by atoms with Gasteiger partial charge < -0.3 is 15.0 Å². The molecule has 112 valence electrons. The summed E-state index contributed by atoms with van der Waals surface area (Å²) in [6, 6.07) is 3.89. The smallest absolute Gasteiger partial charge is 0.168 e. The van der Waals surface area contributed by atoms with Gasteiger partial charge in [0.2, 0.25) is 0 Å². The molecule has 2 heterocycles. The minimum absolute atomic E-state index is 0.168. The Kier molecular flexibility index (Phi) is 5.65. The lowest BCUT2D eigenvalue weighted by Crippen LogP contribution is -2.29. The molecule has 0 amide bonds. The van der Waals surface area contributed by atoms with Crippen LogP contribution in [0.5, 0.6) is 5.75 Å². The van der Waals surface area contributed by atoms with E-state index in [1.807, 2.05) is 26.0 Å². The monoisotopic (exact) mass is 277 g/mol. The molecule has 1 aromatic heterocycles. The Morgan fingerprint density at radius 1 is 1.30 bits per heavy atom. The minimum atomic E-state index is 0.168. The van der Waals surface area contributed by atoms with Crippen molar-refractivity contribution in [3.63, 3.8) is 0 Å². The van der Waals surface area contributed by atoms with Crippen LogP contribution in [0.25, 0.3) is 0 Å². The van der Waals surface area contributed by atoms with Gasteiger partial charge in [0.15, 0.2) is 11.6 Å². The first-order valence-corrected chi connectivity index (χ1v) is 7.73. The van der Waals surface area contributed by atoms with Gasteiger partial charge in [-0.25, -0.2) is 4.98 Å². The molecule has 0 bridgehead atoms. The highest BCUT2D eigenvalue weighted by atomic mass is 16.5. The Bertz CT molecular complexity index is 402. The summed E-state index contributed by atoms with van der Waals surface area (Å²) in [6.07, 6.45) is 4.68. The van der Waals surface area contributed by atoms with Crippen LogP contribution >= 0.6 is 0 Å². The molecule has 1 fully saturated rings. The predicted octanol–water partition coefficient (Wildman–Crippen LogP) is 3.01. The lowest BCUT2D eigenvalue weighted by Gasteiger charge is -2.21. The average Bonchev–Trinajstić information content (AvgIpc) is 2.90. The number of nitrogens with zero attached hydrogens (tertiary/aromatic N) is 2. The van der Waals surface area contributed by atoms with Crippen LogP contribution in [-0.2, 0) is 0 Å². The number of anilines is 1. The third-order valence-electron chi connectivity index (χ3n) is 3.52. The summed E-state index contributed by atoms with van der Waals surface area (Å²) in [5.41, 5.74) is 0. The van der Waals surface area contributed by atoms with E-state index in [1.54, 1.807) is 6.20 Å². The Morgan fingerprint density at radius 3 is 2.75 bits per heavy atom. The molecule has 1 saturated heterocycles. The van der Waals surface area contributed by atoms with Crippen LogP contribution in [0.1, 0.15) is 33.6 Å². The second kappa shape index (κ2) is 7.48. The molecular formula is C16H27N3O. The largest absolute Gasteiger partial charge is 0.487 e. The van der Waals surface area contributed by atoms with Crippen LogP contribution in [0.15, 0.2) is 18.3 Å². The topological polar surface area (TPSA) is 37.4 Å². The fraction of sp³-hybridized carbons (Fsp3) is 0.688. The van der Waals surface area contributed by atoms with Gasteiger partial charge in [0.25, 0.3) is 0 Å². The number of hydrogen-bond acceptors (Lipinski definition) is 4. The molecule has 0 aromatic carbocycles. The Morgan fingerprint density at radius 2 is 2.05 bits per heavy atom. The number of pyridine rings is 1. The molecule has 1 aliphatic rings. The first-order chi connectivity index (χ1) is 9.65. The van der Waals surface area contributed by atoms with Crippen molar-refractivity contribution >= 4 is 5.82 Å². The van der Waals surface area contributed by atoms with Crippen LogP contribution in [-0.4, -0.2) is 42.2 Å². The van der Waals surface area contributed by atoms with Gasteiger partial charge in [-0.2, -0.15) is 0 Å². The van der Waals surface area contributed by atoms with E-state index >= 15 is 0 Å². The summed E-state index contributed by atoms with van der Waals surface area (Å²) in [5.74, 6) is 2.31. The molecule has 4 heteroatoms. The van der Waals surface area contributed by atoms with E-state index in [0.29, 0.717) is 5.92 Å². The number of hydrogen-bond donors (Lipinski definition) is 1. The van der Waals surface area contributed by atoms with Gasteiger partial charge in [0.05, 0.1) is 6.10 Å². The molecular weight excluding hydrogens is 250 g/mol. The minimum Gasteiger partial charge on any atom is -0.487 e. The van der Waals surface area contributed by atoms with Crippen LogP contribution < -0.4 is 10.1 Å². The molecule has 0 aliphatic carbocycles. The summed E-state index contributed by atoms with van der Waals surface area (Å²) in [6.45, 7) is 11.0. The number of rotatable bonds is 7. The Labute approximate surface area is 122 Å². The molecule has 1 aromatic rings. The van der Waals surface area contributed by atoms with Crippen molar-refractivity contribution in [1.82, 2.24) is 9.88 Å². The van der Waals surface area contributed by atoms with E-state index < -0.39 is 0 Å². The van der Waals surface area contributed by atoms with Gasteiger partial charge in [-0.05, 0) is 57.8 Å². The van der Waals surface area contributed by atoms with Crippen LogP contribution in [0.4, 0.5) is 5.82 Å². The van der Waals surface area contributed by atoms with E-state index in [4.69, 9.17) is 4.74 Å².